The number of halogens is 2. The average Bonchev–Trinajstić information content (AvgIpc) is 4.00. The number of methoxy groups -OCH3 is 1. The molecule has 0 unspecified atom stereocenters. The molecule has 276 valence electrons. The summed E-state index contributed by atoms with van der Waals surface area (Å²) in [5.74, 6) is -0.475. The zero-order valence-corrected chi connectivity index (χ0v) is 29.7. The van der Waals surface area contributed by atoms with E-state index in [1.165, 1.54) is 13.2 Å². The molecule has 1 fully saturated rings. The van der Waals surface area contributed by atoms with Crippen molar-refractivity contribution in [1.82, 2.24) is 44.5 Å². The van der Waals surface area contributed by atoms with Crippen LogP contribution in [0.1, 0.15) is 34.5 Å². The molecule has 0 aliphatic carbocycles. The minimum absolute atomic E-state index is 0.0542. The van der Waals surface area contributed by atoms with Crippen LogP contribution in [-0.4, -0.2) is 103 Å². The van der Waals surface area contributed by atoms with E-state index in [1.54, 1.807) is 45.2 Å². The second-order valence-electron chi connectivity index (χ2n) is 13.4. The third-order valence-electron chi connectivity index (χ3n) is 9.98. The van der Waals surface area contributed by atoms with Crippen molar-refractivity contribution in [2.24, 2.45) is 0 Å². The molecule has 0 spiro atoms. The Morgan fingerprint density at radius 1 is 0.944 bits per heavy atom. The number of piperazine rings is 1. The molecular formula is C39H38F2N10O3. The van der Waals surface area contributed by atoms with Crippen molar-refractivity contribution < 1.29 is 23.1 Å². The van der Waals surface area contributed by atoms with Gasteiger partial charge < -0.3 is 24.4 Å². The van der Waals surface area contributed by atoms with Gasteiger partial charge in [0.25, 0.3) is 5.91 Å². The molecule has 1 saturated heterocycles. The molecule has 0 bridgehead atoms. The summed E-state index contributed by atoms with van der Waals surface area (Å²) in [5, 5.41) is 12.9. The van der Waals surface area contributed by atoms with Crippen LogP contribution in [0, 0.1) is 11.6 Å². The summed E-state index contributed by atoms with van der Waals surface area (Å²) in [6.07, 6.45) is 10.9. The number of hydrogen-bond acceptors (Lipinski definition) is 8. The number of carbonyl (C=O) groups excluding carboxylic acids is 2. The molecule has 1 N–H and O–H groups in total. The number of aryl methyl sites for hydroxylation is 1. The second-order valence-corrected chi connectivity index (χ2v) is 13.4. The van der Waals surface area contributed by atoms with Crippen LogP contribution >= 0.6 is 0 Å². The summed E-state index contributed by atoms with van der Waals surface area (Å²) in [4.78, 5) is 40.0. The molecule has 15 heteroatoms. The maximum Gasteiger partial charge on any atom is 0.270 e. The van der Waals surface area contributed by atoms with E-state index in [9.17, 15) is 14.0 Å². The number of anilines is 1. The first-order valence-electron chi connectivity index (χ1n) is 17.8. The Bertz CT molecular complexity index is 2330. The van der Waals surface area contributed by atoms with Crippen LogP contribution in [0.15, 0.2) is 85.6 Å². The Morgan fingerprint density at radius 2 is 1.78 bits per heavy atom. The summed E-state index contributed by atoms with van der Waals surface area (Å²) in [6.45, 7) is 3.38. The third-order valence-corrected chi connectivity index (χ3v) is 9.98. The van der Waals surface area contributed by atoms with Crippen LogP contribution in [0.25, 0.3) is 27.6 Å². The number of amides is 2. The van der Waals surface area contributed by atoms with Gasteiger partial charge in [-0.1, -0.05) is 41.6 Å². The van der Waals surface area contributed by atoms with E-state index in [4.69, 9.17) is 4.74 Å². The Labute approximate surface area is 309 Å². The van der Waals surface area contributed by atoms with E-state index >= 15 is 4.39 Å². The lowest BCUT2D eigenvalue weighted by Gasteiger charge is -2.35. The fourth-order valence-electron chi connectivity index (χ4n) is 7.17. The first-order chi connectivity index (χ1) is 26.3. The van der Waals surface area contributed by atoms with Gasteiger partial charge in [0.1, 0.15) is 11.5 Å². The number of benzene rings is 2. The van der Waals surface area contributed by atoms with Crippen molar-refractivity contribution in [3.05, 3.63) is 114 Å². The topological polar surface area (TPSA) is 130 Å². The number of nitrogens with zero attached hydrogens (tertiary/aromatic N) is 9. The SMILES string of the molecule is COc1cc(F)cnc1N1CCN(C(=O)c2cc3c(-c4cnn(Cc5ccccc5)c4)cc(C4=CCCN(C(=O)CCn5ccnn5)C4)c(F)c3[nH]2)CC1. The first kappa shape index (κ1) is 34.7. The molecule has 13 nitrogen and oxygen atoms in total. The van der Waals surface area contributed by atoms with Gasteiger partial charge in [0.15, 0.2) is 17.4 Å². The van der Waals surface area contributed by atoms with E-state index in [2.05, 4.69) is 25.4 Å². The van der Waals surface area contributed by atoms with Crippen molar-refractivity contribution in [2.45, 2.75) is 25.9 Å². The summed E-state index contributed by atoms with van der Waals surface area (Å²) in [6, 6.07) is 14.8. The van der Waals surface area contributed by atoms with Crippen LogP contribution in [0.4, 0.5) is 14.6 Å². The van der Waals surface area contributed by atoms with Crippen LogP contribution in [0.3, 0.4) is 0 Å². The van der Waals surface area contributed by atoms with E-state index in [0.717, 1.165) is 17.3 Å². The van der Waals surface area contributed by atoms with Gasteiger partial charge in [-0.15, -0.1) is 5.10 Å². The lowest BCUT2D eigenvalue weighted by Crippen LogP contribution is -2.49. The van der Waals surface area contributed by atoms with Gasteiger partial charge >= 0.3 is 0 Å². The highest BCUT2D eigenvalue weighted by Crippen LogP contribution is 2.37. The van der Waals surface area contributed by atoms with Crippen molar-refractivity contribution in [1.29, 1.82) is 0 Å². The van der Waals surface area contributed by atoms with Gasteiger partial charge in [-0.2, -0.15) is 5.10 Å². The fourth-order valence-corrected chi connectivity index (χ4v) is 7.17. The van der Waals surface area contributed by atoms with Crippen LogP contribution < -0.4 is 9.64 Å². The summed E-state index contributed by atoms with van der Waals surface area (Å²) >= 11 is 0. The summed E-state index contributed by atoms with van der Waals surface area (Å²) in [7, 11) is 1.46. The molecule has 2 aliphatic rings. The van der Waals surface area contributed by atoms with Gasteiger partial charge in [0.05, 0.1) is 44.3 Å². The number of pyridine rings is 1. The van der Waals surface area contributed by atoms with Gasteiger partial charge in [0.2, 0.25) is 5.91 Å². The Morgan fingerprint density at radius 3 is 2.56 bits per heavy atom. The highest BCUT2D eigenvalue weighted by molar-refractivity contribution is 6.04. The lowest BCUT2D eigenvalue weighted by atomic mass is 9.94. The number of aromatic amines is 1. The Balaban J connectivity index is 1.09. The monoisotopic (exact) mass is 732 g/mol. The van der Waals surface area contributed by atoms with Crippen molar-refractivity contribution >= 4 is 34.1 Å². The molecule has 0 radical (unpaired) electrons. The van der Waals surface area contributed by atoms with Crippen LogP contribution in [-0.2, 0) is 17.9 Å². The number of aromatic nitrogens is 7. The standard InChI is InChI=1S/C39H38F2N10O3/c1-54-34-18-29(40)22-42-38(34)47-14-16-48(17-15-47)39(53)33-20-32-30(28-21-44-51(25-28)23-26-6-3-2-4-7-26)19-31(36(41)37(32)45-33)27-8-5-11-49(24-27)35(52)9-12-50-13-10-43-46-50/h2-4,6-8,10,13,18-22,25,45H,5,9,11-12,14-17,23-24H2,1H3. The largest absolute Gasteiger partial charge is 0.493 e. The highest BCUT2D eigenvalue weighted by atomic mass is 19.1. The minimum Gasteiger partial charge on any atom is -0.493 e. The fraction of sp³-hybridized carbons (Fsp3) is 0.282. The molecule has 2 aromatic carbocycles. The number of fused-ring (bicyclic) bond motifs is 1. The Hall–Kier alpha value is -6.38. The second kappa shape index (κ2) is 14.9. The molecule has 2 aliphatic heterocycles. The summed E-state index contributed by atoms with van der Waals surface area (Å²) in [5.41, 5.74) is 4.07. The Kier molecular flexibility index (Phi) is 9.59. The first-order valence-corrected chi connectivity index (χ1v) is 17.8. The molecule has 6 heterocycles. The minimum atomic E-state index is -0.494. The number of rotatable bonds is 10. The number of carbonyl (C=O) groups is 2. The van der Waals surface area contributed by atoms with Gasteiger partial charge in [-0.25, -0.2) is 13.8 Å². The van der Waals surface area contributed by atoms with Crippen LogP contribution in [0.5, 0.6) is 5.75 Å². The van der Waals surface area contributed by atoms with Gasteiger partial charge in [-0.3, -0.25) is 19.0 Å². The normalized spacial score (nSPS) is 14.8. The third kappa shape index (κ3) is 7.04. The van der Waals surface area contributed by atoms with E-state index in [-0.39, 0.29) is 36.0 Å². The van der Waals surface area contributed by atoms with Crippen molar-refractivity contribution in [3.8, 4) is 16.9 Å². The molecule has 0 atom stereocenters. The van der Waals surface area contributed by atoms with Crippen LogP contribution in [0.2, 0.25) is 0 Å². The average molecular weight is 733 g/mol. The number of H-pyrrole nitrogens is 1. The number of hydrogen-bond donors (Lipinski definition) is 1. The predicted octanol–water partition coefficient (Wildman–Crippen LogP) is 5.02. The molecule has 4 aromatic heterocycles. The molecule has 2 amide bonds. The predicted molar refractivity (Wildman–Crippen MR) is 198 cm³/mol. The zero-order valence-electron chi connectivity index (χ0n) is 29.7. The lowest BCUT2D eigenvalue weighted by molar-refractivity contribution is -0.131. The number of ether oxygens (including phenoxy) is 1. The highest BCUT2D eigenvalue weighted by Gasteiger charge is 2.29. The zero-order chi connectivity index (χ0) is 37.2. The quantitative estimate of drug-likeness (QED) is 0.208. The van der Waals surface area contributed by atoms with E-state index in [1.807, 2.05) is 52.2 Å². The smallest absolute Gasteiger partial charge is 0.270 e. The summed E-state index contributed by atoms with van der Waals surface area (Å²) < 4.78 is 39.3. The molecule has 8 rings (SSSR count). The molecular weight excluding hydrogens is 694 g/mol. The molecule has 6 aromatic rings. The van der Waals surface area contributed by atoms with Gasteiger partial charge in [-0.05, 0) is 35.3 Å². The number of nitrogens with one attached hydrogen (secondary N) is 1. The molecule has 0 saturated carbocycles. The van der Waals surface area contributed by atoms with Gasteiger partial charge in [0, 0.05) is 80.7 Å². The van der Waals surface area contributed by atoms with Crippen molar-refractivity contribution in [2.75, 3.05) is 51.3 Å². The van der Waals surface area contributed by atoms with E-state index in [0.29, 0.717) is 85.9 Å². The maximum absolute atomic E-state index is 16.8. The maximum atomic E-state index is 16.8. The van der Waals surface area contributed by atoms with Crippen molar-refractivity contribution in [3.63, 3.8) is 0 Å². The van der Waals surface area contributed by atoms with E-state index < -0.39 is 11.6 Å². The molecule has 54 heavy (non-hydrogen) atoms.